The van der Waals surface area contributed by atoms with E-state index in [1.807, 2.05) is 24.3 Å². The number of thiophene rings is 1. The first-order valence-corrected chi connectivity index (χ1v) is 9.63. The van der Waals surface area contributed by atoms with Gasteiger partial charge in [0, 0.05) is 24.4 Å². The lowest BCUT2D eigenvalue weighted by molar-refractivity contribution is 0.0957. The first-order chi connectivity index (χ1) is 13.3. The molecule has 0 spiro atoms. The highest BCUT2D eigenvalue weighted by atomic mass is 32.1. The predicted octanol–water partition coefficient (Wildman–Crippen LogP) is 1.63. The number of carbonyl (C=O) groups is 1. The molecule has 0 saturated carbocycles. The molecule has 28 heavy (non-hydrogen) atoms. The van der Waals surface area contributed by atoms with Gasteiger partial charge in [0.15, 0.2) is 0 Å². The van der Waals surface area contributed by atoms with Gasteiger partial charge in [0.05, 0.1) is 10.3 Å². The molecule has 0 bridgehead atoms. The number of fused-ring (bicyclic) bond motifs is 2. The zero-order valence-electron chi connectivity index (χ0n) is 16.0. The highest BCUT2D eigenvalue weighted by Crippen LogP contribution is 2.26. The number of nitrogens with zero attached hydrogens (tertiary/aromatic N) is 5. The molecule has 2 N–H and O–H groups in total. The first kappa shape index (κ1) is 18.2. The van der Waals surface area contributed by atoms with Gasteiger partial charge in [-0.3, -0.25) is 14.0 Å². The van der Waals surface area contributed by atoms with Gasteiger partial charge in [-0.15, -0.1) is 21.5 Å². The van der Waals surface area contributed by atoms with Gasteiger partial charge in [-0.1, -0.05) is 0 Å². The van der Waals surface area contributed by atoms with E-state index in [4.69, 9.17) is 0 Å². The molecule has 4 rings (SSSR count). The molecule has 1 amide bonds. The first-order valence-electron chi connectivity index (χ1n) is 8.81. The van der Waals surface area contributed by atoms with E-state index in [0.717, 1.165) is 17.2 Å². The summed E-state index contributed by atoms with van der Waals surface area (Å²) in [7, 11) is 0. The molecule has 4 heterocycles. The summed E-state index contributed by atoms with van der Waals surface area (Å²) in [5, 5.41) is 11.7. The Kier molecular flexibility index (Phi) is 4.42. The fraction of sp³-hybridized carbons (Fsp3) is 0.333. The van der Waals surface area contributed by atoms with Gasteiger partial charge in [-0.2, -0.15) is 0 Å². The van der Waals surface area contributed by atoms with Crippen LogP contribution in [0.25, 0.3) is 16.0 Å². The van der Waals surface area contributed by atoms with E-state index in [0.29, 0.717) is 45.2 Å². The minimum atomic E-state index is -0.225. The van der Waals surface area contributed by atoms with Crippen molar-refractivity contribution in [3.05, 3.63) is 49.9 Å². The molecule has 0 radical (unpaired) electrons. The number of nitrogens with one attached hydrogen (secondary N) is 2. The minimum Gasteiger partial charge on any atom is -0.351 e. The maximum atomic E-state index is 12.6. The van der Waals surface area contributed by atoms with Crippen LogP contribution < -0.4 is 10.9 Å². The second-order valence-corrected chi connectivity index (χ2v) is 7.68. The van der Waals surface area contributed by atoms with Crippen LogP contribution >= 0.6 is 11.3 Å². The molecule has 4 aromatic rings. The minimum absolute atomic E-state index is 0.219. The van der Waals surface area contributed by atoms with Crippen molar-refractivity contribution in [1.82, 2.24) is 34.9 Å². The van der Waals surface area contributed by atoms with Gasteiger partial charge in [0.25, 0.3) is 17.2 Å². The van der Waals surface area contributed by atoms with Crippen molar-refractivity contribution >= 4 is 33.2 Å². The van der Waals surface area contributed by atoms with Gasteiger partial charge in [0.2, 0.25) is 0 Å². The normalized spacial score (nSPS) is 11.4. The third kappa shape index (κ3) is 3.05. The van der Waals surface area contributed by atoms with E-state index in [2.05, 4.69) is 30.5 Å². The molecular formula is C18H19N7O2S. The molecule has 0 aromatic carbocycles. The van der Waals surface area contributed by atoms with Crippen LogP contribution in [-0.2, 0) is 6.42 Å². The molecule has 0 unspecified atom stereocenters. The van der Waals surface area contributed by atoms with Crippen molar-refractivity contribution < 1.29 is 4.79 Å². The molecule has 0 aliphatic rings. The fourth-order valence-electron chi connectivity index (χ4n) is 3.30. The molecule has 0 aliphatic carbocycles. The molecule has 0 aliphatic heterocycles. The van der Waals surface area contributed by atoms with Crippen LogP contribution in [0.5, 0.6) is 0 Å². The number of hydrogen-bond donors (Lipinski definition) is 2. The summed E-state index contributed by atoms with van der Waals surface area (Å²) in [5.74, 6) is 1.60. The Hall–Kier alpha value is -3.14. The Labute approximate surface area is 163 Å². The van der Waals surface area contributed by atoms with Crippen molar-refractivity contribution in [2.75, 3.05) is 6.54 Å². The molecular weight excluding hydrogens is 378 g/mol. The van der Waals surface area contributed by atoms with Gasteiger partial charge < -0.3 is 10.3 Å². The average Bonchev–Trinajstić information content (AvgIpc) is 3.16. The quantitative estimate of drug-likeness (QED) is 0.540. The van der Waals surface area contributed by atoms with Crippen LogP contribution in [0.4, 0.5) is 0 Å². The summed E-state index contributed by atoms with van der Waals surface area (Å²) in [6.07, 6.45) is 0.514. The molecule has 0 saturated heterocycles. The smallest absolute Gasteiger partial charge is 0.261 e. The third-order valence-electron chi connectivity index (χ3n) is 4.52. The Balaban J connectivity index is 1.53. The Bertz CT molecular complexity index is 1280. The van der Waals surface area contributed by atoms with Crippen molar-refractivity contribution in [3.63, 3.8) is 0 Å². The Morgan fingerprint density at radius 2 is 2.00 bits per heavy atom. The van der Waals surface area contributed by atoms with Gasteiger partial charge in [-0.05, 0) is 39.3 Å². The molecule has 144 valence electrons. The van der Waals surface area contributed by atoms with E-state index in [-0.39, 0.29) is 11.5 Å². The van der Waals surface area contributed by atoms with Gasteiger partial charge in [0.1, 0.15) is 16.5 Å². The summed E-state index contributed by atoms with van der Waals surface area (Å²) < 4.78 is 1.89. The van der Waals surface area contributed by atoms with E-state index >= 15 is 0 Å². The Morgan fingerprint density at radius 3 is 2.79 bits per heavy atom. The summed E-state index contributed by atoms with van der Waals surface area (Å²) >= 11 is 1.23. The maximum Gasteiger partial charge on any atom is 0.261 e. The van der Waals surface area contributed by atoms with E-state index in [1.54, 1.807) is 13.8 Å². The van der Waals surface area contributed by atoms with Crippen LogP contribution in [0, 0.1) is 27.7 Å². The number of rotatable bonds is 4. The summed E-state index contributed by atoms with van der Waals surface area (Å²) in [5.41, 5.74) is 2.31. The van der Waals surface area contributed by atoms with Crippen LogP contribution in [0.1, 0.15) is 38.3 Å². The van der Waals surface area contributed by atoms with E-state index < -0.39 is 0 Å². The summed E-state index contributed by atoms with van der Waals surface area (Å²) in [6.45, 7) is 7.76. The lowest BCUT2D eigenvalue weighted by atomic mass is 10.2. The zero-order chi connectivity index (χ0) is 20.0. The molecule has 0 atom stereocenters. The van der Waals surface area contributed by atoms with Crippen molar-refractivity contribution in [1.29, 1.82) is 0 Å². The fourth-order valence-corrected chi connectivity index (χ4v) is 4.44. The maximum absolute atomic E-state index is 12.6. The Morgan fingerprint density at radius 1 is 1.21 bits per heavy atom. The number of hydrogen-bond acceptors (Lipinski definition) is 7. The average molecular weight is 397 g/mol. The standard InChI is InChI=1S/C18H19N7O2S/c1-8-7-9(2)25-12(23-24-18(25)20-8)5-6-19-16(27)14-10(3)13-15(26)21-11(4)22-17(13)28-14/h7H,5-6H2,1-4H3,(H,19,27)(H,21,22,26). The van der Waals surface area contributed by atoms with E-state index in [9.17, 15) is 9.59 Å². The van der Waals surface area contributed by atoms with Crippen LogP contribution in [-0.4, -0.2) is 42.0 Å². The molecule has 4 aromatic heterocycles. The number of carbonyl (C=O) groups excluding carboxylic acids is 1. The molecule has 9 nitrogen and oxygen atoms in total. The topological polar surface area (TPSA) is 118 Å². The van der Waals surface area contributed by atoms with Gasteiger partial charge >= 0.3 is 0 Å². The van der Waals surface area contributed by atoms with Crippen molar-refractivity contribution in [2.24, 2.45) is 0 Å². The highest BCUT2D eigenvalue weighted by Gasteiger charge is 2.19. The largest absolute Gasteiger partial charge is 0.351 e. The molecule has 10 heteroatoms. The highest BCUT2D eigenvalue weighted by molar-refractivity contribution is 7.20. The van der Waals surface area contributed by atoms with Crippen molar-refractivity contribution in [2.45, 2.75) is 34.1 Å². The number of aryl methyl sites for hydroxylation is 4. The summed E-state index contributed by atoms with van der Waals surface area (Å²) in [4.78, 5) is 37.2. The van der Waals surface area contributed by atoms with Crippen molar-refractivity contribution in [3.8, 4) is 0 Å². The monoisotopic (exact) mass is 397 g/mol. The van der Waals surface area contributed by atoms with Crippen LogP contribution in [0.2, 0.25) is 0 Å². The number of aromatic nitrogens is 6. The number of aromatic amines is 1. The summed E-state index contributed by atoms with van der Waals surface area (Å²) in [6, 6.07) is 1.96. The second kappa shape index (κ2) is 6.79. The number of amides is 1. The zero-order valence-corrected chi connectivity index (χ0v) is 16.8. The number of H-pyrrole nitrogens is 1. The third-order valence-corrected chi connectivity index (χ3v) is 5.70. The lowest BCUT2D eigenvalue weighted by Gasteiger charge is -2.06. The van der Waals surface area contributed by atoms with Gasteiger partial charge in [-0.25, -0.2) is 9.97 Å². The second-order valence-electron chi connectivity index (χ2n) is 6.68. The predicted molar refractivity (Wildman–Crippen MR) is 106 cm³/mol. The lowest BCUT2D eigenvalue weighted by Crippen LogP contribution is -2.26. The molecule has 0 fully saturated rings. The van der Waals surface area contributed by atoms with E-state index in [1.165, 1.54) is 11.3 Å². The van der Waals surface area contributed by atoms with Crippen LogP contribution in [0.15, 0.2) is 10.9 Å². The SMILES string of the molecule is Cc1cc(C)n2c(CCNC(=O)c3sc4nc(C)[nH]c(=O)c4c3C)nnc2n1. The van der Waals surface area contributed by atoms with Crippen LogP contribution in [0.3, 0.4) is 0 Å².